The molecule has 5 rings (SSSR count). The van der Waals surface area contributed by atoms with Gasteiger partial charge in [-0.25, -0.2) is 4.98 Å². The summed E-state index contributed by atoms with van der Waals surface area (Å²) in [6.45, 7) is 5.73. The molecule has 4 aromatic rings. The Bertz CT molecular complexity index is 1230. The lowest BCUT2D eigenvalue weighted by atomic mass is 9.97. The number of ether oxygens (including phenoxy) is 2. The number of nitrogen functional groups attached to an aromatic ring is 1. The van der Waals surface area contributed by atoms with Crippen molar-refractivity contribution in [3.05, 3.63) is 83.9 Å². The molecule has 162 valence electrons. The highest BCUT2D eigenvalue weighted by molar-refractivity contribution is 5.91. The van der Waals surface area contributed by atoms with Gasteiger partial charge in [-0.05, 0) is 47.9 Å². The molecular weight excluding hydrogens is 398 g/mol. The average molecular weight is 426 g/mol. The summed E-state index contributed by atoms with van der Waals surface area (Å²) in [6.07, 6.45) is 0. The first-order valence-corrected chi connectivity index (χ1v) is 11.0. The largest absolute Gasteiger partial charge is 0.488 e. The average Bonchev–Trinajstić information content (AvgIpc) is 2.83. The van der Waals surface area contributed by atoms with E-state index in [-0.39, 0.29) is 0 Å². The Labute approximate surface area is 188 Å². The molecule has 1 aliphatic rings. The number of nitrogens with zero attached hydrogens (tertiary/aromatic N) is 2. The zero-order valence-corrected chi connectivity index (χ0v) is 18.3. The van der Waals surface area contributed by atoms with Crippen LogP contribution in [-0.4, -0.2) is 31.3 Å². The number of rotatable bonds is 5. The topological polar surface area (TPSA) is 60.6 Å². The third-order valence-corrected chi connectivity index (χ3v) is 5.94. The van der Waals surface area contributed by atoms with Crippen molar-refractivity contribution in [1.29, 1.82) is 0 Å². The van der Waals surface area contributed by atoms with E-state index in [2.05, 4.69) is 53.2 Å². The van der Waals surface area contributed by atoms with E-state index in [0.717, 1.165) is 52.1 Å². The van der Waals surface area contributed by atoms with Crippen LogP contribution >= 0.6 is 0 Å². The summed E-state index contributed by atoms with van der Waals surface area (Å²) in [5.74, 6) is 1.44. The number of anilines is 2. The zero-order chi connectivity index (χ0) is 21.9. The van der Waals surface area contributed by atoms with Crippen molar-refractivity contribution >= 4 is 22.4 Å². The third-order valence-electron chi connectivity index (χ3n) is 5.94. The first-order chi connectivity index (χ1) is 15.7. The summed E-state index contributed by atoms with van der Waals surface area (Å²) in [5, 5.41) is 1.07. The Kier molecular flexibility index (Phi) is 5.65. The predicted molar refractivity (Wildman–Crippen MR) is 130 cm³/mol. The van der Waals surface area contributed by atoms with Gasteiger partial charge in [0, 0.05) is 24.0 Å². The van der Waals surface area contributed by atoms with Crippen LogP contribution in [0.5, 0.6) is 5.75 Å². The van der Waals surface area contributed by atoms with Gasteiger partial charge in [-0.1, -0.05) is 48.5 Å². The summed E-state index contributed by atoms with van der Waals surface area (Å²) < 4.78 is 11.7. The quantitative estimate of drug-likeness (QED) is 0.476. The van der Waals surface area contributed by atoms with E-state index in [4.69, 9.17) is 15.2 Å². The first kappa shape index (κ1) is 20.3. The molecule has 1 saturated heterocycles. The highest BCUT2D eigenvalue weighted by Crippen LogP contribution is 2.36. The van der Waals surface area contributed by atoms with E-state index < -0.39 is 0 Å². The Morgan fingerprint density at radius 2 is 1.78 bits per heavy atom. The number of benzene rings is 3. The van der Waals surface area contributed by atoms with Crippen molar-refractivity contribution in [3.8, 4) is 16.9 Å². The zero-order valence-electron chi connectivity index (χ0n) is 18.3. The second-order valence-corrected chi connectivity index (χ2v) is 8.12. The summed E-state index contributed by atoms with van der Waals surface area (Å²) in [6, 6.07) is 24.9. The molecule has 0 spiro atoms. The molecule has 0 saturated carbocycles. The number of morpholine rings is 1. The number of hydrogen-bond donors (Lipinski definition) is 1. The predicted octanol–water partition coefficient (Wildman–Crippen LogP) is 5.21. The van der Waals surface area contributed by atoms with Crippen molar-refractivity contribution in [1.82, 2.24) is 4.98 Å². The summed E-state index contributed by atoms with van der Waals surface area (Å²) >= 11 is 0. The number of aromatic nitrogens is 1. The van der Waals surface area contributed by atoms with E-state index in [9.17, 15) is 0 Å². The molecule has 0 atom stereocenters. The molecule has 2 N–H and O–H groups in total. The van der Waals surface area contributed by atoms with Crippen LogP contribution in [0.2, 0.25) is 0 Å². The molecule has 1 fully saturated rings. The molecule has 2 heterocycles. The van der Waals surface area contributed by atoms with Crippen LogP contribution in [0.3, 0.4) is 0 Å². The number of aryl methyl sites for hydroxylation is 1. The van der Waals surface area contributed by atoms with E-state index in [0.29, 0.717) is 25.6 Å². The maximum absolute atomic E-state index is 6.30. The lowest BCUT2D eigenvalue weighted by molar-refractivity contribution is 0.123. The molecule has 1 aromatic heterocycles. The van der Waals surface area contributed by atoms with Crippen molar-refractivity contribution in [2.75, 3.05) is 36.9 Å². The first-order valence-electron chi connectivity index (χ1n) is 11.0. The summed E-state index contributed by atoms with van der Waals surface area (Å²) in [7, 11) is 0. The summed E-state index contributed by atoms with van der Waals surface area (Å²) in [5.41, 5.74) is 12.7. The highest BCUT2D eigenvalue weighted by atomic mass is 16.5. The number of hydrogen-bond acceptors (Lipinski definition) is 5. The molecule has 32 heavy (non-hydrogen) atoms. The SMILES string of the molecule is Cc1cccc(OCc2ccccc2)c1-c1ccc2nc(N)c(N3CCOCC3)cc2c1. The Hall–Kier alpha value is -3.57. The van der Waals surface area contributed by atoms with Crippen LogP contribution in [0.15, 0.2) is 72.8 Å². The Morgan fingerprint density at radius 1 is 0.969 bits per heavy atom. The number of fused-ring (bicyclic) bond motifs is 1. The molecule has 3 aromatic carbocycles. The number of pyridine rings is 1. The van der Waals surface area contributed by atoms with Crippen molar-refractivity contribution in [2.24, 2.45) is 0 Å². The molecule has 0 amide bonds. The van der Waals surface area contributed by atoms with Gasteiger partial charge >= 0.3 is 0 Å². The number of nitrogens with two attached hydrogens (primary N) is 1. The molecule has 0 bridgehead atoms. The van der Waals surface area contributed by atoms with E-state index in [1.807, 2.05) is 36.4 Å². The Morgan fingerprint density at radius 3 is 2.59 bits per heavy atom. The van der Waals surface area contributed by atoms with Crippen LogP contribution in [0, 0.1) is 6.92 Å². The Balaban J connectivity index is 1.52. The van der Waals surface area contributed by atoms with Gasteiger partial charge in [0.05, 0.1) is 24.4 Å². The lowest BCUT2D eigenvalue weighted by Gasteiger charge is -2.29. The van der Waals surface area contributed by atoms with Crippen LogP contribution in [-0.2, 0) is 11.3 Å². The maximum Gasteiger partial charge on any atom is 0.147 e. The van der Waals surface area contributed by atoms with Gasteiger partial charge in [0.15, 0.2) is 0 Å². The molecular formula is C27H27N3O2. The highest BCUT2D eigenvalue weighted by Gasteiger charge is 2.17. The van der Waals surface area contributed by atoms with Crippen LogP contribution in [0.4, 0.5) is 11.5 Å². The second kappa shape index (κ2) is 8.89. The minimum absolute atomic E-state index is 0.532. The van der Waals surface area contributed by atoms with E-state index >= 15 is 0 Å². The van der Waals surface area contributed by atoms with Crippen LogP contribution in [0.1, 0.15) is 11.1 Å². The van der Waals surface area contributed by atoms with Crippen LogP contribution in [0.25, 0.3) is 22.0 Å². The monoisotopic (exact) mass is 425 g/mol. The second-order valence-electron chi connectivity index (χ2n) is 8.12. The fraction of sp³-hybridized carbons (Fsp3) is 0.222. The van der Waals surface area contributed by atoms with E-state index in [1.54, 1.807) is 0 Å². The molecule has 5 heteroatoms. The molecule has 0 radical (unpaired) electrons. The van der Waals surface area contributed by atoms with Gasteiger partial charge in [0.2, 0.25) is 0 Å². The molecule has 1 aliphatic heterocycles. The molecule has 0 aliphatic carbocycles. The standard InChI is InChI=1S/C27H27N3O2/c1-19-6-5-9-25(32-18-20-7-3-2-4-8-20)26(19)21-10-11-23-22(16-21)17-24(27(28)29-23)30-12-14-31-15-13-30/h2-11,16-17H,12-15,18H2,1H3,(H2,28,29). The smallest absolute Gasteiger partial charge is 0.147 e. The molecule has 5 nitrogen and oxygen atoms in total. The molecule has 0 unspecified atom stereocenters. The normalized spacial score (nSPS) is 14.0. The fourth-order valence-corrected chi connectivity index (χ4v) is 4.26. The van der Waals surface area contributed by atoms with E-state index in [1.165, 1.54) is 5.56 Å². The van der Waals surface area contributed by atoms with Crippen LogP contribution < -0.4 is 15.4 Å². The van der Waals surface area contributed by atoms with Gasteiger partial charge < -0.3 is 20.1 Å². The fourth-order valence-electron chi connectivity index (χ4n) is 4.26. The van der Waals surface area contributed by atoms with Crippen molar-refractivity contribution in [3.63, 3.8) is 0 Å². The lowest BCUT2D eigenvalue weighted by Crippen LogP contribution is -2.36. The van der Waals surface area contributed by atoms with Crippen molar-refractivity contribution in [2.45, 2.75) is 13.5 Å². The van der Waals surface area contributed by atoms with Gasteiger partial charge in [-0.15, -0.1) is 0 Å². The third kappa shape index (κ3) is 4.12. The van der Waals surface area contributed by atoms with Gasteiger partial charge in [-0.3, -0.25) is 0 Å². The van der Waals surface area contributed by atoms with Gasteiger partial charge in [0.1, 0.15) is 18.2 Å². The van der Waals surface area contributed by atoms with Crippen molar-refractivity contribution < 1.29 is 9.47 Å². The van der Waals surface area contributed by atoms with Gasteiger partial charge in [0.25, 0.3) is 0 Å². The maximum atomic E-state index is 6.30. The minimum atomic E-state index is 0.532. The summed E-state index contributed by atoms with van der Waals surface area (Å²) in [4.78, 5) is 6.92. The minimum Gasteiger partial charge on any atom is -0.488 e. The van der Waals surface area contributed by atoms with Gasteiger partial charge in [-0.2, -0.15) is 0 Å².